The highest BCUT2D eigenvalue weighted by atomic mass is 16.3. The molecule has 1 aromatic heterocycles. The molecule has 2 heteroatoms. The summed E-state index contributed by atoms with van der Waals surface area (Å²) in [6.45, 7) is 9.20. The second-order valence-corrected chi connectivity index (χ2v) is 4.65. The average Bonchev–Trinajstić information content (AvgIpc) is 2.62. The molecule has 0 saturated heterocycles. The molecule has 0 radical (unpaired) electrons. The number of anilines is 1. The maximum Gasteiger partial charge on any atom is 0.125 e. The average molecular weight is 229 g/mol. The minimum absolute atomic E-state index is 0.740. The Kier molecular flexibility index (Phi) is 3.23. The van der Waals surface area contributed by atoms with E-state index in [1.54, 1.807) is 6.26 Å². The predicted octanol–water partition coefficient (Wildman–Crippen LogP) is 4.13. The molecule has 0 aliphatic heterocycles. The molecule has 1 N–H and O–H groups in total. The summed E-state index contributed by atoms with van der Waals surface area (Å²) >= 11 is 0. The molecule has 90 valence electrons. The second-order valence-electron chi connectivity index (χ2n) is 4.65. The summed E-state index contributed by atoms with van der Waals surface area (Å²) < 4.78 is 5.43. The zero-order valence-corrected chi connectivity index (χ0v) is 10.9. The molecule has 0 bridgehead atoms. The van der Waals surface area contributed by atoms with Gasteiger partial charge in [0.15, 0.2) is 0 Å². The van der Waals surface area contributed by atoms with Crippen LogP contribution in [0, 0.1) is 27.7 Å². The first kappa shape index (κ1) is 11.8. The smallest absolute Gasteiger partial charge is 0.125 e. The normalized spacial score (nSPS) is 10.6. The third kappa shape index (κ3) is 2.52. The summed E-state index contributed by atoms with van der Waals surface area (Å²) in [6, 6.07) is 6.39. The van der Waals surface area contributed by atoms with Crippen LogP contribution in [0.1, 0.15) is 28.0 Å². The standard InChI is InChI=1S/C15H19NO/c1-10-7-12(3)15(13(4)8-10)16-9-14-11(2)5-6-17-14/h5-8,16H,9H2,1-4H3. The van der Waals surface area contributed by atoms with Crippen molar-refractivity contribution < 1.29 is 4.42 Å². The first-order chi connectivity index (χ1) is 8.08. The van der Waals surface area contributed by atoms with Crippen molar-refractivity contribution >= 4 is 5.69 Å². The lowest BCUT2D eigenvalue weighted by molar-refractivity contribution is 0.515. The monoisotopic (exact) mass is 229 g/mol. The van der Waals surface area contributed by atoms with Gasteiger partial charge in [0.05, 0.1) is 12.8 Å². The Bertz CT molecular complexity index is 502. The van der Waals surface area contributed by atoms with Gasteiger partial charge in [-0.2, -0.15) is 0 Å². The van der Waals surface area contributed by atoms with Crippen LogP contribution < -0.4 is 5.32 Å². The van der Waals surface area contributed by atoms with Crippen molar-refractivity contribution in [1.29, 1.82) is 0 Å². The molecular weight excluding hydrogens is 210 g/mol. The van der Waals surface area contributed by atoms with E-state index >= 15 is 0 Å². The zero-order valence-electron chi connectivity index (χ0n) is 10.9. The molecule has 17 heavy (non-hydrogen) atoms. The maximum absolute atomic E-state index is 5.43. The number of hydrogen-bond acceptors (Lipinski definition) is 2. The van der Waals surface area contributed by atoms with Crippen LogP contribution >= 0.6 is 0 Å². The van der Waals surface area contributed by atoms with Crippen molar-refractivity contribution in [2.45, 2.75) is 34.2 Å². The molecule has 2 nitrogen and oxygen atoms in total. The Labute approximate surface area is 103 Å². The summed E-state index contributed by atoms with van der Waals surface area (Å²) in [6.07, 6.45) is 1.74. The SMILES string of the molecule is Cc1cc(C)c(NCc2occc2C)c(C)c1. The molecule has 0 atom stereocenters. The third-order valence-corrected chi connectivity index (χ3v) is 3.07. The number of hydrogen-bond donors (Lipinski definition) is 1. The topological polar surface area (TPSA) is 25.2 Å². The van der Waals surface area contributed by atoms with Gasteiger partial charge in [-0.15, -0.1) is 0 Å². The third-order valence-electron chi connectivity index (χ3n) is 3.07. The lowest BCUT2D eigenvalue weighted by atomic mass is 10.1. The van der Waals surface area contributed by atoms with Gasteiger partial charge in [-0.25, -0.2) is 0 Å². The van der Waals surface area contributed by atoms with Crippen LogP contribution in [0.3, 0.4) is 0 Å². The summed E-state index contributed by atoms with van der Waals surface area (Å²) in [5.74, 6) is 1.00. The van der Waals surface area contributed by atoms with E-state index in [1.807, 2.05) is 6.07 Å². The Morgan fingerprint density at radius 2 is 1.65 bits per heavy atom. The molecule has 0 fully saturated rings. The molecule has 0 saturated carbocycles. The fourth-order valence-electron chi connectivity index (χ4n) is 2.21. The molecule has 0 amide bonds. The molecule has 2 aromatic rings. The molecule has 0 unspecified atom stereocenters. The van der Waals surface area contributed by atoms with E-state index in [-0.39, 0.29) is 0 Å². The summed E-state index contributed by atoms with van der Waals surface area (Å²) in [4.78, 5) is 0. The Morgan fingerprint density at radius 1 is 1.00 bits per heavy atom. The highest BCUT2D eigenvalue weighted by Crippen LogP contribution is 2.23. The number of furan rings is 1. The second kappa shape index (κ2) is 4.66. The van der Waals surface area contributed by atoms with Crippen molar-refractivity contribution in [2.24, 2.45) is 0 Å². The highest BCUT2D eigenvalue weighted by Gasteiger charge is 2.06. The Balaban J connectivity index is 2.17. The lowest BCUT2D eigenvalue weighted by Gasteiger charge is -2.13. The van der Waals surface area contributed by atoms with Crippen LogP contribution in [0.2, 0.25) is 0 Å². The fraction of sp³-hybridized carbons (Fsp3) is 0.333. The van der Waals surface area contributed by atoms with Crippen LogP contribution in [-0.2, 0) is 6.54 Å². The van der Waals surface area contributed by atoms with E-state index in [0.717, 1.165) is 12.3 Å². The molecule has 0 spiro atoms. The van der Waals surface area contributed by atoms with Crippen molar-refractivity contribution in [1.82, 2.24) is 0 Å². The van der Waals surface area contributed by atoms with E-state index in [1.165, 1.54) is 27.9 Å². The molecular formula is C15H19NO. The largest absolute Gasteiger partial charge is 0.467 e. The summed E-state index contributed by atoms with van der Waals surface area (Å²) in [5.41, 5.74) is 6.28. The first-order valence-electron chi connectivity index (χ1n) is 5.92. The van der Waals surface area contributed by atoms with Gasteiger partial charge >= 0.3 is 0 Å². The van der Waals surface area contributed by atoms with Crippen molar-refractivity contribution in [2.75, 3.05) is 5.32 Å². The predicted molar refractivity (Wildman–Crippen MR) is 71.4 cm³/mol. The number of aryl methyl sites for hydroxylation is 4. The van der Waals surface area contributed by atoms with Gasteiger partial charge in [0, 0.05) is 5.69 Å². The molecule has 1 heterocycles. The quantitative estimate of drug-likeness (QED) is 0.856. The van der Waals surface area contributed by atoms with E-state index in [4.69, 9.17) is 4.42 Å². The van der Waals surface area contributed by atoms with Gasteiger partial charge in [-0.05, 0) is 50.5 Å². The van der Waals surface area contributed by atoms with Crippen LogP contribution in [0.5, 0.6) is 0 Å². The van der Waals surface area contributed by atoms with Crippen molar-refractivity contribution in [3.8, 4) is 0 Å². The fourth-order valence-corrected chi connectivity index (χ4v) is 2.21. The molecule has 0 aliphatic rings. The van der Waals surface area contributed by atoms with Gasteiger partial charge in [-0.3, -0.25) is 0 Å². The van der Waals surface area contributed by atoms with Crippen molar-refractivity contribution in [3.63, 3.8) is 0 Å². The maximum atomic E-state index is 5.43. The van der Waals surface area contributed by atoms with Crippen molar-refractivity contribution in [3.05, 3.63) is 52.5 Å². The molecule has 1 aromatic carbocycles. The zero-order chi connectivity index (χ0) is 12.4. The number of nitrogens with one attached hydrogen (secondary N) is 1. The number of benzene rings is 1. The van der Waals surface area contributed by atoms with Gasteiger partial charge < -0.3 is 9.73 Å². The van der Waals surface area contributed by atoms with Crippen LogP contribution in [-0.4, -0.2) is 0 Å². The van der Waals surface area contributed by atoms with Crippen LogP contribution in [0.4, 0.5) is 5.69 Å². The Hall–Kier alpha value is -1.70. The van der Waals surface area contributed by atoms with E-state index in [0.29, 0.717) is 0 Å². The highest BCUT2D eigenvalue weighted by molar-refractivity contribution is 5.58. The minimum atomic E-state index is 0.740. The van der Waals surface area contributed by atoms with Gasteiger partial charge in [0.1, 0.15) is 5.76 Å². The number of rotatable bonds is 3. The van der Waals surface area contributed by atoms with Gasteiger partial charge in [0.2, 0.25) is 0 Å². The molecule has 2 rings (SSSR count). The first-order valence-corrected chi connectivity index (χ1v) is 5.92. The van der Waals surface area contributed by atoms with E-state index < -0.39 is 0 Å². The Morgan fingerprint density at radius 3 is 2.18 bits per heavy atom. The van der Waals surface area contributed by atoms with E-state index in [2.05, 4.69) is 45.1 Å². The molecule has 0 aliphatic carbocycles. The lowest BCUT2D eigenvalue weighted by Crippen LogP contribution is -2.03. The van der Waals surface area contributed by atoms with Crippen LogP contribution in [0.15, 0.2) is 28.9 Å². The summed E-state index contributed by atoms with van der Waals surface area (Å²) in [7, 11) is 0. The van der Waals surface area contributed by atoms with E-state index in [9.17, 15) is 0 Å². The van der Waals surface area contributed by atoms with Gasteiger partial charge in [0.25, 0.3) is 0 Å². The summed E-state index contributed by atoms with van der Waals surface area (Å²) in [5, 5.41) is 3.46. The van der Waals surface area contributed by atoms with Crippen LogP contribution in [0.25, 0.3) is 0 Å². The van der Waals surface area contributed by atoms with Gasteiger partial charge in [-0.1, -0.05) is 17.7 Å². The minimum Gasteiger partial charge on any atom is -0.467 e.